The number of methoxy groups -OCH3 is 3. The normalized spacial score (nSPS) is 10.5. The van der Waals surface area contributed by atoms with E-state index in [9.17, 15) is 0 Å². The number of nitrogen functional groups attached to an aromatic ring is 1. The molecule has 19 heavy (non-hydrogen) atoms. The van der Waals surface area contributed by atoms with Crippen LogP contribution in [-0.4, -0.2) is 47.6 Å². The number of nitrogens with two attached hydrogens (primary N) is 1. The molecule has 0 radical (unpaired) electrons. The van der Waals surface area contributed by atoms with Crippen LogP contribution in [0.15, 0.2) is 18.2 Å². The molecule has 0 spiro atoms. The first-order valence-corrected chi connectivity index (χ1v) is 6.39. The van der Waals surface area contributed by atoms with Crippen molar-refractivity contribution in [2.75, 3.05) is 58.3 Å². The smallest absolute Gasteiger partial charge is 0.121 e. The Bertz CT molecular complexity index is 372. The second-order valence-electron chi connectivity index (χ2n) is 4.25. The molecule has 0 amide bonds. The highest BCUT2D eigenvalue weighted by Gasteiger charge is 2.11. The molecule has 1 rings (SSSR count). The molecular weight excluding hydrogens is 244 g/mol. The Hall–Kier alpha value is -1.46. The maximum absolute atomic E-state index is 6.05. The predicted molar refractivity (Wildman–Crippen MR) is 78.0 cm³/mol. The zero-order valence-corrected chi connectivity index (χ0v) is 12.0. The summed E-state index contributed by atoms with van der Waals surface area (Å²) < 4.78 is 15.5. The number of benzene rings is 1. The zero-order chi connectivity index (χ0) is 14.1. The predicted octanol–water partition coefficient (Wildman–Crippen LogP) is 1.77. The summed E-state index contributed by atoms with van der Waals surface area (Å²) in [6, 6.07) is 5.69. The van der Waals surface area contributed by atoms with Crippen molar-refractivity contribution in [3.05, 3.63) is 18.2 Å². The molecule has 1 aromatic rings. The van der Waals surface area contributed by atoms with Gasteiger partial charge in [0.05, 0.1) is 25.1 Å². The maximum atomic E-state index is 6.05. The second-order valence-corrected chi connectivity index (χ2v) is 4.25. The van der Waals surface area contributed by atoms with E-state index in [0.29, 0.717) is 6.61 Å². The molecule has 108 valence electrons. The average molecular weight is 268 g/mol. The molecule has 0 unspecified atom stereocenters. The van der Waals surface area contributed by atoms with Gasteiger partial charge in [0, 0.05) is 40.0 Å². The molecule has 0 aliphatic rings. The van der Waals surface area contributed by atoms with Gasteiger partial charge >= 0.3 is 0 Å². The summed E-state index contributed by atoms with van der Waals surface area (Å²) in [4.78, 5) is 2.19. The standard InChI is InChI=1S/C14H24N2O3/c1-17-9-4-7-16(8-10-18-2)14-11-12(19-3)5-6-13(14)15/h5-6,11H,4,7-10,15H2,1-3H3. The second kappa shape index (κ2) is 8.61. The fourth-order valence-electron chi connectivity index (χ4n) is 1.88. The van der Waals surface area contributed by atoms with Crippen LogP contribution in [0.2, 0.25) is 0 Å². The van der Waals surface area contributed by atoms with Crippen LogP contribution in [0.4, 0.5) is 11.4 Å². The number of hydrogen-bond acceptors (Lipinski definition) is 5. The molecule has 0 saturated heterocycles. The van der Waals surface area contributed by atoms with Crippen LogP contribution in [0, 0.1) is 0 Å². The van der Waals surface area contributed by atoms with Gasteiger partial charge in [-0.25, -0.2) is 0 Å². The molecule has 0 saturated carbocycles. The van der Waals surface area contributed by atoms with Crippen LogP contribution in [0.5, 0.6) is 5.75 Å². The van der Waals surface area contributed by atoms with E-state index in [2.05, 4.69) is 4.90 Å². The molecule has 0 aliphatic carbocycles. The van der Waals surface area contributed by atoms with E-state index in [4.69, 9.17) is 19.9 Å². The van der Waals surface area contributed by atoms with E-state index in [1.165, 1.54) is 0 Å². The van der Waals surface area contributed by atoms with Crippen LogP contribution < -0.4 is 15.4 Å². The molecule has 1 aromatic carbocycles. The van der Waals surface area contributed by atoms with Gasteiger partial charge in [-0.15, -0.1) is 0 Å². The molecule has 5 heteroatoms. The van der Waals surface area contributed by atoms with Crippen molar-refractivity contribution < 1.29 is 14.2 Å². The van der Waals surface area contributed by atoms with Gasteiger partial charge in [0.1, 0.15) is 5.75 Å². The summed E-state index contributed by atoms with van der Waals surface area (Å²) in [5.74, 6) is 0.804. The maximum Gasteiger partial charge on any atom is 0.121 e. The van der Waals surface area contributed by atoms with E-state index >= 15 is 0 Å². The third kappa shape index (κ3) is 4.96. The molecule has 0 fully saturated rings. The van der Waals surface area contributed by atoms with Gasteiger partial charge < -0.3 is 24.8 Å². The van der Waals surface area contributed by atoms with Crippen molar-refractivity contribution in [2.24, 2.45) is 0 Å². The molecule has 0 bridgehead atoms. The van der Waals surface area contributed by atoms with Gasteiger partial charge in [0.2, 0.25) is 0 Å². The average Bonchev–Trinajstić information content (AvgIpc) is 2.43. The van der Waals surface area contributed by atoms with Crippen molar-refractivity contribution >= 4 is 11.4 Å². The minimum absolute atomic E-state index is 0.656. The Kier molecular flexibility index (Phi) is 7.07. The minimum Gasteiger partial charge on any atom is -0.497 e. The van der Waals surface area contributed by atoms with E-state index < -0.39 is 0 Å². The van der Waals surface area contributed by atoms with E-state index in [1.54, 1.807) is 21.3 Å². The SMILES string of the molecule is COCCCN(CCOC)c1cc(OC)ccc1N. The minimum atomic E-state index is 0.656. The summed E-state index contributed by atoms with van der Waals surface area (Å²) in [6.07, 6.45) is 0.941. The lowest BCUT2D eigenvalue weighted by Crippen LogP contribution is -2.29. The Morgan fingerprint density at radius 2 is 1.79 bits per heavy atom. The number of anilines is 2. The Labute approximate surface area is 115 Å². The fourth-order valence-corrected chi connectivity index (χ4v) is 1.88. The van der Waals surface area contributed by atoms with Crippen LogP contribution in [0.3, 0.4) is 0 Å². The zero-order valence-electron chi connectivity index (χ0n) is 12.0. The third-order valence-corrected chi connectivity index (χ3v) is 2.92. The number of ether oxygens (including phenoxy) is 3. The lowest BCUT2D eigenvalue weighted by Gasteiger charge is -2.26. The highest BCUT2D eigenvalue weighted by Crippen LogP contribution is 2.28. The van der Waals surface area contributed by atoms with Gasteiger partial charge in [0.15, 0.2) is 0 Å². The highest BCUT2D eigenvalue weighted by molar-refractivity contribution is 5.69. The monoisotopic (exact) mass is 268 g/mol. The van der Waals surface area contributed by atoms with Crippen molar-refractivity contribution in [3.63, 3.8) is 0 Å². The first-order chi connectivity index (χ1) is 9.22. The van der Waals surface area contributed by atoms with Crippen LogP contribution in [0.25, 0.3) is 0 Å². The van der Waals surface area contributed by atoms with E-state index in [0.717, 1.165) is 43.2 Å². The van der Waals surface area contributed by atoms with Gasteiger partial charge in [-0.05, 0) is 18.6 Å². The summed E-state index contributed by atoms with van der Waals surface area (Å²) in [7, 11) is 5.06. The van der Waals surface area contributed by atoms with E-state index in [-0.39, 0.29) is 0 Å². The molecule has 2 N–H and O–H groups in total. The van der Waals surface area contributed by atoms with E-state index in [1.807, 2.05) is 18.2 Å². The number of hydrogen-bond donors (Lipinski definition) is 1. The lowest BCUT2D eigenvalue weighted by molar-refractivity contribution is 0.191. The summed E-state index contributed by atoms with van der Waals surface area (Å²) >= 11 is 0. The van der Waals surface area contributed by atoms with Gasteiger partial charge in [-0.3, -0.25) is 0 Å². The summed E-state index contributed by atoms with van der Waals surface area (Å²) in [5.41, 5.74) is 7.78. The van der Waals surface area contributed by atoms with Crippen molar-refractivity contribution in [3.8, 4) is 5.75 Å². The van der Waals surface area contributed by atoms with Crippen LogP contribution in [0.1, 0.15) is 6.42 Å². The van der Waals surface area contributed by atoms with Gasteiger partial charge in [0.25, 0.3) is 0 Å². The Balaban J connectivity index is 2.81. The Morgan fingerprint density at radius 3 is 2.42 bits per heavy atom. The largest absolute Gasteiger partial charge is 0.497 e. The summed E-state index contributed by atoms with van der Waals surface area (Å²) in [5, 5.41) is 0. The molecule has 0 aliphatic heterocycles. The van der Waals surface area contributed by atoms with Crippen LogP contribution >= 0.6 is 0 Å². The number of nitrogens with zero attached hydrogens (tertiary/aromatic N) is 1. The number of rotatable bonds is 9. The lowest BCUT2D eigenvalue weighted by atomic mass is 10.2. The molecule has 5 nitrogen and oxygen atoms in total. The molecule has 0 atom stereocenters. The van der Waals surface area contributed by atoms with Crippen molar-refractivity contribution in [1.82, 2.24) is 0 Å². The van der Waals surface area contributed by atoms with Gasteiger partial charge in [-0.1, -0.05) is 0 Å². The van der Waals surface area contributed by atoms with Crippen molar-refractivity contribution in [2.45, 2.75) is 6.42 Å². The topological polar surface area (TPSA) is 57.0 Å². The third-order valence-electron chi connectivity index (χ3n) is 2.92. The molecule has 0 aromatic heterocycles. The first kappa shape index (κ1) is 15.6. The quantitative estimate of drug-likeness (QED) is 0.546. The Morgan fingerprint density at radius 1 is 1.05 bits per heavy atom. The molecular formula is C14H24N2O3. The summed E-state index contributed by atoms with van der Waals surface area (Å²) in [6.45, 7) is 3.04. The van der Waals surface area contributed by atoms with Crippen LogP contribution in [-0.2, 0) is 9.47 Å². The highest BCUT2D eigenvalue weighted by atomic mass is 16.5. The van der Waals surface area contributed by atoms with Gasteiger partial charge in [-0.2, -0.15) is 0 Å². The van der Waals surface area contributed by atoms with Crippen molar-refractivity contribution in [1.29, 1.82) is 0 Å². The fraction of sp³-hybridized carbons (Fsp3) is 0.571. The first-order valence-electron chi connectivity index (χ1n) is 6.39. The molecule has 0 heterocycles.